The maximum Gasteiger partial charge on any atom is 0.395 e. The zero-order valence-corrected chi connectivity index (χ0v) is 8.08. The van der Waals surface area contributed by atoms with Crippen molar-refractivity contribution < 1.29 is 27.4 Å². The van der Waals surface area contributed by atoms with Gasteiger partial charge in [0.2, 0.25) is 0 Å². The second kappa shape index (κ2) is 4.55. The molecule has 0 saturated carbocycles. The van der Waals surface area contributed by atoms with Gasteiger partial charge in [0.15, 0.2) is 0 Å². The molecule has 86 valence electrons. The van der Waals surface area contributed by atoms with Crippen LogP contribution in [0.3, 0.4) is 0 Å². The van der Waals surface area contributed by atoms with Crippen LogP contribution in [-0.4, -0.2) is 24.9 Å². The van der Waals surface area contributed by atoms with Crippen LogP contribution in [0.5, 0.6) is 0 Å². The van der Waals surface area contributed by atoms with Crippen molar-refractivity contribution in [3.8, 4) is 0 Å². The summed E-state index contributed by atoms with van der Waals surface area (Å²) in [4.78, 5) is 10.7. The van der Waals surface area contributed by atoms with E-state index in [1.165, 1.54) is 0 Å². The summed E-state index contributed by atoms with van der Waals surface area (Å²) in [5.41, 5.74) is 0. The largest absolute Gasteiger partial charge is 0.497 e. The first-order chi connectivity index (χ1) is 6.91. The molecule has 0 fully saturated rings. The van der Waals surface area contributed by atoms with E-state index in [2.05, 4.69) is 4.74 Å². The zero-order chi connectivity index (χ0) is 11.5. The van der Waals surface area contributed by atoms with Crippen molar-refractivity contribution in [2.24, 2.45) is 5.92 Å². The molecule has 1 aliphatic heterocycles. The van der Waals surface area contributed by atoms with E-state index in [1.807, 2.05) is 0 Å². The number of alkyl halides is 3. The van der Waals surface area contributed by atoms with Crippen LogP contribution >= 0.6 is 0 Å². The lowest BCUT2D eigenvalue weighted by molar-refractivity contribution is -0.197. The fraction of sp³-hybridized carbons (Fsp3) is 0.667. The van der Waals surface area contributed by atoms with Crippen molar-refractivity contribution in [3.05, 3.63) is 12.3 Å². The number of carbonyl (C=O) groups is 1. The van der Waals surface area contributed by atoms with Gasteiger partial charge in [0.1, 0.15) is 6.10 Å². The van der Waals surface area contributed by atoms with Crippen molar-refractivity contribution in [3.63, 3.8) is 0 Å². The van der Waals surface area contributed by atoms with Crippen LogP contribution in [0, 0.1) is 5.92 Å². The maximum absolute atomic E-state index is 12.3. The van der Waals surface area contributed by atoms with Gasteiger partial charge in [-0.2, -0.15) is 13.2 Å². The predicted octanol–water partition coefficient (Wildman–Crippen LogP) is 2.03. The highest BCUT2D eigenvalue weighted by molar-refractivity contribution is 5.81. The first-order valence-corrected chi connectivity index (χ1v) is 4.46. The van der Waals surface area contributed by atoms with Crippen LogP contribution in [0.25, 0.3) is 0 Å². The third kappa shape index (κ3) is 3.45. The van der Waals surface area contributed by atoms with Crippen LogP contribution in [-0.2, 0) is 14.3 Å². The van der Waals surface area contributed by atoms with Gasteiger partial charge in [-0.3, -0.25) is 0 Å². The Morgan fingerprint density at radius 2 is 2.20 bits per heavy atom. The number of cyclic esters (lactones) is 1. The predicted molar refractivity (Wildman–Crippen MR) is 44.8 cm³/mol. The monoisotopic (exact) mass is 224 g/mol. The molecule has 2 atom stereocenters. The molecule has 0 bridgehead atoms. The number of hydrogen-bond acceptors (Lipinski definition) is 3. The molecule has 0 aromatic carbocycles. The molecule has 1 aliphatic rings. The molecule has 0 N–H and O–H groups in total. The second-order valence-corrected chi connectivity index (χ2v) is 3.26. The Kier molecular flexibility index (Phi) is 3.60. The number of halogens is 3. The summed E-state index contributed by atoms with van der Waals surface area (Å²) < 4.78 is 46.4. The molecule has 0 aliphatic carbocycles. The SMILES string of the molecule is CC(C1CCOC(=O)C=CO1)C(F)(F)F. The van der Waals surface area contributed by atoms with Gasteiger partial charge in [-0.05, 0) is 0 Å². The minimum absolute atomic E-state index is 0.0384. The summed E-state index contributed by atoms with van der Waals surface area (Å²) in [7, 11) is 0. The molecular formula is C9H11F3O3. The normalized spacial score (nSPS) is 24.8. The van der Waals surface area contributed by atoms with Gasteiger partial charge in [0.25, 0.3) is 0 Å². The first-order valence-electron chi connectivity index (χ1n) is 4.46. The standard InChI is InChI=1S/C9H11F3O3/c1-6(9(10,11)12)7-2-4-15-8(13)3-5-14-7/h3,5-7H,2,4H2,1H3. The summed E-state index contributed by atoms with van der Waals surface area (Å²) in [6, 6.07) is 0. The Morgan fingerprint density at radius 1 is 1.53 bits per heavy atom. The number of esters is 1. The molecule has 0 saturated heterocycles. The summed E-state index contributed by atoms with van der Waals surface area (Å²) in [5.74, 6) is -2.19. The van der Waals surface area contributed by atoms with Crippen LogP contribution < -0.4 is 0 Å². The van der Waals surface area contributed by atoms with E-state index in [4.69, 9.17) is 4.74 Å². The number of rotatable bonds is 1. The summed E-state index contributed by atoms with van der Waals surface area (Å²) >= 11 is 0. The van der Waals surface area contributed by atoms with E-state index >= 15 is 0 Å². The fourth-order valence-electron chi connectivity index (χ4n) is 1.17. The van der Waals surface area contributed by atoms with Gasteiger partial charge in [-0.1, -0.05) is 6.92 Å². The molecular weight excluding hydrogens is 213 g/mol. The first kappa shape index (κ1) is 11.9. The van der Waals surface area contributed by atoms with Crippen LogP contribution in [0.15, 0.2) is 12.3 Å². The smallest absolute Gasteiger partial charge is 0.395 e. The lowest BCUT2D eigenvalue weighted by Gasteiger charge is -2.26. The van der Waals surface area contributed by atoms with Crippen LogP contribution in [0.4, 0.5) is 13.2 Å². The Balaban J connectivity index is 2.63. The molecule has 0 spiro atoms. The minimum atomic E-state index is -4.30. The molecule has 6 heteroatoms. The quantitative estimate of drug-likeness (QED) is 0.639. The van der Waals surface area contributed by atoms with E-state index in [-0.39, 0.29) is 13.0 Å². The van der Waals surface area contributed by atoms with Gasteiger partial charge in [0, 0.05) is 6.42 Å². The second-order valence-electron chi connectivity index (χ2n) is 3.26. The minimum Gasteiger partial charge on any atom is -0.497 e. The van der Waals surface area contributed by atoms with E-state index in [0.717, 1.165) is 19.3 Å². The third-order valence-corrected chi connectivity index (χ3v) is 2.18. The zero-order valence-electron chi connectivity index (χ0n) is 8.08. The van der Waals surface area contributed by atoms with E-state index in [9.17, 15) is 18.0 Å². The summed E-state index contributed by atoms with van der Waals surface area (Å²) in [5, 5.41) is 0. The topological polar surface area (TPSA) is 35.5 Å². The fourth-order valence-corrected chi connectivity index (χ4v) is 1.17. The Bertz CT molecular complexity index is 260. The van der Waals surface area contributed by atoms with E-state index in [1.54, 1.807) is 0 Å². The molecule has 3 nitrogen and oxygen atoms in total. The summed E-state index contributed by atoms with van der Waals surface area (Å²) in [6.07, 6.45) is -3.35. The number of carbonyl (C=O) groups excluding carboxylic acids is 1. The molecule has 0 amide bonds. The molecule has 0 aromatic heterocycles. The van der Waals surface area contributed by atoms with Gasteiger partial charge >= 0.3 is 12.1 Å². The molecule has 1 rings (SSSR count). The van der Waals surface area contributed by atoms with Crippen molar-refractivity contribution in [1.82, 2.24) is 0 Å². The highest BCUT2D eigenvalue weighted by Gasteiger charge is 2.42. The van der Waals surface area contributed by atoms with Crippen LogP contribution in [0.1, 0.15) is 13.3 Å². The van der Waals surface area contributed by atoms with Crippen molar-refractivity contribution in [2.45, 2.75) is 25.6 Å². The molecule has 2 unspecified atom stereocenters. The Labute approximate surface area is 84.8 Å². The lowest BCUT2D eigenvalue weighted by Crippen LogP contribution is -2.34. The summed E-state index contributed by atoms with van der Waals surface area (Å²) in [6.45, 7) is 0.982. The molecule has 1 heterocycles. The van der Waals surface area contributed by atoms with E-state index in [0.29, 0.717) is 0 Å². The number of hydrogen-bond donors (Lipinski definition) is 0. The number of ether oxygens (including phenoxy) is 2. The lowest BCUT2D eigenvalue weighted by atomic mass is 10.0. The average Bonchev–Trinajstić information content (AvgIpc) is 2.08. The third-order valence-electron chi connectivity index (χ3n) is 2.18. The van der Waals surface area contributed by atoms with Crippen molar-refractivity contribution in [2.75, 3.05) is 6.61 Å². The highest BCUT2D eigenvalue weighted by Crippen LogP contribution is 2.31. The van der Waals surface area contributed by atoms with Gasteiger partial charge in [-0.15, -0.1) is 0 Å². The van der Waals surface area contributed by atoms with E-state index < -0.39 is 24.2 Å². The Morgan fingerprint density at radius 3 is 2.80 bits per heavy atom. The van der Waals surface area contributed by atoms with Gasteiger partial charge in [-0.25, -0.2) is 4.79 Å². The van der Waals surface area contributed by atoms with Crippen molar-refractivity contribution in [1.29, 1.82) is 0 Å². The average molecular weight is 224 g/mol. The molecule has 0 radical (unpaired) electrons. The molecule has 15 heavy (non-hydrogen) atoms. The molecule has 0 aromatic rings. The highest BCUT2D eigenvalue weighted by atomic mass is 19.4. The van der Waals surface area contributed by atoms with Gasteiger partial charge in [0.05, 0.1) is 24.9 Å². The Hall–Kier alpha value is -1.20. The van der Waals surface area contributed by atoms with Crippen LogP contribution in [0.2, 0.25) is 0 Å². The maximum atomic E-state index is 12.3. The van der Waals surface area contributed by atoms with Crippen molar-refractivity contribution >= 4 is 5.97 Å². The van der Waals surface area contributed by atoms with Gasteiger partial charge < -0.3 is 9.47 Å².